The second-order valence-electron chi connectivity index (χ2n) is 6.46. The van der Waals surface area contributed by atoms with Gasteiger partial charge in [-0.25, -0.2) is 9.67 Å². The number of aromatic nitrogens is 4. The van der Waals surface area contributed by atoms with Crippen molar-refractivity contribution >= 4 is 22.8 Å². The normalized spacial score (nSPS) is 15.2. The van der Waals surface area contributed by atoms with E-state index in [2.05, 4.69) is 22.3 Å². The van der Waals surface area contributed by atoms with E-state index in [0.717, 1.165) is 0 Å². The quantitative estimate of drug-likeness (QED) is 0.774. The Morgan fingerprint density at radius 2 is 2.12 bits per heavy atom. The van der Waals surface area contributed by atoms with Crippen LogP contribution in [0.25, 0.3) is 11.0 Å². The van der Waals surface area contributed by atoms with E-state index in [-0.39, 0.29) is 24.1 Å². The van der Waals surface area contributed by atoms with Crippen molar-refractivity contribution in [2.45, 2.75) is 32.4 Å². The van der Waals surface area contributed by atoms with Gasteiger partial charge >= 0.3 is 0 Å². The molecule has 1 atom stereocenters. The molecule has 7 nitrogen and oxygen atoms in total. The highest BCUT2D eigenvalue weighted by molar-refractivity contribution is 5.90. The van der Waals surface area contributed by atoms with E-state index >= 15 is 0 Å². The van der Waals surface area contributed by atoms with E-state index in [1.165, 1.54) is 23.6 Å². The third-order valence-corrected chi connectivity index (χ3v) is 4.68. The molecule has 1 aromatic carbocycles. The summed E-state index contributed by atoms with van der Waals surface area (Å²) in [7, 11) is 0. The first-order valence-electron chi connectivity index (χ1n) is 8.41. The van der Waals surface area contributed by atoms with Gasteiger partial charge in [0.2, 0.25) is 5.91 Å². The van der Waals surface area contributed by atoms with Crippen molar-refractivity contribution in [2.24, 2.45) is 5.92 Å². The fourth-order valence-corrected chi connectivity index (χ4v) is 3.12. The highest BCUT2D eigenvalue weighted by Gasteiger charge is 2.30. The Labute approximate surface area is 144 Å². The number of carbonyl (C=O) groups excluding carboxylic acids is 1. The van der Waals surface area contributed by atoms with Crippen LogP contribution in [0, 0.1) is 5.92 Å². The second-order valence-corrected chi connectivity index (χ2v) is 6.46. The Morgan fingerprint density at radius 3 is 2.92 bits per heavy atom. The average molecular weight is 337 g/mol. The first kappa shape index (κ1) is 15.6. The third-order valence-electron chi connectivity index (χ3n) is 4.68. The van der Waals surface area contributed by atoms with Gasteiger partial charge in [0.25, 0.3) is 5.56 Å². The molecule has 0 aliphatic heterocycles. The van der Waals surface area contributed by atoms with E-state index in [0.29, 0.717) is 22.8 Å². The Bertz CT molecular complexity index is 986. The van der Waals surface area contributed by atoms with E-state index in [4.69, 9.17) is 0 Å². The van der Waals surface area contributed by atoms with Gasteiger partial charge in [-0.3, -0.25) is 14.2 Å². The van der Waals surface area contributed by atoms with Crippen molar-refractivity contribution in [3.63, 3.8) is 0 Å². The van der Waals surface area contributed by atoms with E-state index in [9.17, 15) is 9.59 Å². The second kappa shape index (κ2) is 6.16. The van der Waals surface area contributed by atoms with E-state index in [1.807, 2.05) is 22.9 Å². The van der Waals surface area contributed by atoms with Crippen molar-refractivity contribution in [3.05, 3.63) is 53.1 Å². The van der Waals surface area contributed by atoms with E-state index < -0.39 is 0 Å². The van der Waals surface area contributed by atoms with Crippen molar-refractivity contribution < 1.29 is 4.79 Å². The van der Waals surface area contributed by atoms with Gasteiger partial charge in [0.15, 0.2) is 0 Å². The summed E-state index contributed by atoms with van der Waals surface area (Å²) in [5.74, 6) is 1.03. The molecule has 1 fully saturated rings. The molecule has 1 unspecified atom stereocenters. The zero-order valence-corrected chi connectivity index (χ0v) is 13.9. The van der Waals surface area contributed by atoms with Gasteiger partial charge in [-0.15, -0.1) is 0 Å². The molecule has 1 aliphatic rings. The Morgan fingerprint density at radius 1 is 1.32 bits per heavy atom. The minimum Gasteiger partial charge on any atom is -0.309 e. The molecular formula is C18H19N5O2. The van der Waals surface area contributed by atoms with Crippen LogP contribution in [0.15, 0.2) is 47.5 Å². The number of carbonyl (C=O) groups is 1. The predicted octanol–water partition coefficient (Wildman–Crippen LogP) is 2.20. The molecule has 0 bridgehead atoms. The highest BCUT2D eigenvalue weighted by atomic mass is 16.2. The topological polar surface area (TPSA) is 81.8 Å². The van der Waals surface area contributed by atoms with Crippen LogP contribution < -0.4 is 10.9 Å². The van der Waals surface area contributed by atoms with Crippen LogP contribution in [0.1, 0.15) is 25.8 Å². The van der Waals surface area contributed by atoms with Gasteiger partial charge in [0.1, 0.15) is 12.4 Å². The van der Waals surface area contributed by atoms with Gasteiger partial charge in [-0.05, 0) is 37.8 Å². The molecular weight excluding hydrogens is 318 g/mol. The van der Waals surface area contributed by atoms with Crippen molar-refractivity contribution in [2.75, 3.05) is 5.32 Å². The molecule has 1 amide bonds. The maximum atomic E-state index is 12.5. The predicted molar refractivity (Wildman–Crippen MR) is 94.3 cm³/mol. The zero-order chi connectivity index (χ0) is 17.4. The van der Waals surface area contributed by atoms with Crippen molar-refractivity contribution in [1.82, 2.24) is 19.3 Å². The molecule has 0 saturated heterocycles. The summed E-state index contributed by atoms with van der Waals surface area (Å²) >= 11 is 0. The minimum absolute atomic E-state index is 0.0646. The molecule has 1 saturated carbocycles. The highest BCUT2D eigenvalue weighted by Crippen LogP contribution is 2.40. The number of nitrogens with one attached hydrogen (secondary N) is 1. The van der Waals surface area contributed by atoms with Crippen LogP contribution in [0.4, 0.5) is 5.82 Å². The van der Waals surface area contributed by atoms with Crippen molar-refractivity contribution in [1.29, 1.82) is 0 Å². The standard InChI is InChI=1S/C18H19N5O2/c1-12(13-6-7-13)23-16(8-9-20-23)21-17(24)11-22-15-5-3-2-4-14(15)19-10-18(22)25/h2-5,8-10,12-13H,6-7,11H2,1H3,(H,21,24). The summed E-state index contributed by atoms with van der Waals surface area (Å²) in [4.78, 5) is 28.8. The van der Waals surface area contributed by atoms with E-state index in [1.54, 1.807) is 18.3 Å². The number of hydrogen-bond acceptors (Lipinski definition) is 4. The number of hydrogen-bond donors (Lipinski definition) is 1. The molecule has 2 aromatic heterocycles. The first-order valence-corrected chi connectivity index (χ1v) is 8.41. The van der Waals surface area contributed by atoms with Crippen LogP contribution >= 0.6 is 0 Å². The summed E-state index contributed by atoms with van der Waals surface area (Å²) < 4.78 is 3.28. The number of amides is 1. The number of anilines is 1. The van der Waals surface area contributed by atoms with Crippen LogP contribution in [0.3, 0.4) is 0 Å². The van der Waals surface area contributed by atoms with Crippen LogP contribution in [0.2, 0.25) is 0 Å². The van der Waals surface area contributed by atoms with Crippen LogP contribution in [0.5, 0.6) is 0 Å². The SMILES string of the molecule is CC(C1CC1)n1nccc1NC(=O)Cn1c(=O)cnc2ccccc21. The molecule has 4 rings (SSSR count). The monoisotopic (exact) mass is 337 g/mol. The maximum Gasteiger partial charge on any atom is 0.269 e. The number of benzene rings is 1. The average Bonchev–Trinajstić information content (AvgIpc) is 3.37. The number of fused-ring (bicyclic) bond motifs is 1. The Kier molecular flexibility index (Phi) is 3.83. The molecule has 25 heavy (non-hydrogen) atoms. The van der Waals surface area contributed by atoms with Crippen LogP contribution in [-0.2, 0) is 11.3 Å². The largest absolute Gasteiger partial charge is 0.309 e. The fraction of sp³-hybridized carbons (Fsp3) is 0.333. The lowest BCUT2D eigenvalue weighted by atomic mass is 10.2. The van der Waals surface area contributed by atoms with Gasteiger partial charge in [-0.1, -0.05) is 12.1 Å². The lowest BCUT2D eigenvalue weighted by Gasteiger charge is -2.16. The molecule has 128 valence electrons. The van der Waals surface area contributed by atoms with Gasteiger partial charge in [-0.2, -0.15) is 5.10 Å². The lowest BCUT2D eigenvalue weighted by Crippen LogP contribution is -2.29. The minimum atomic E-state index is -0.297. The summed E-state index contributed by atoms with van der Waals surface area (Å²) in [6, 6.07) is 9.32. The summed E-state index contributed by atoms with van der Waals surface area (Å²) in [6.45, 7) is 2.05. The molecule has 0 spiro atoms. The zero-order valence-electron chi connectivity index (χ0n) is 13.9. The lowest BCUT2D eigenvalue weighted by molar-refractivity contribution is -0.116. The number of para-hydroxylation sites is 2. The fourth-order valence-electron chi connectivity index (χ4n) is 3.12. The third kappa shape index (κ3) is 3.05. The molecule has 7 heteroatoms. The van der Waals surface area contributed by atoms with Gasteiger partial charge in [0, 0.05) is 6.07 Å². The first-order chi connectivity index (χ1) is 12.1. The molecule has 2 heterocycles. The van der Waals surface area contributed by atoms with Crippen LogP contribution in [-0.4, -0.2) is 25.2 Å². The Balaban J connectivity index is 1.57. The molecule has 0 radical (unpaired) electrons. The maximum absolute atomic E-state index is 12.5. The summed E-state index contributed by atoms with van der Waals surface area (Å²) in [5, 5.41) is 7.20. The van der Waals surface area contributed by atoms with Gasteiger partial charge in [0.05, 0.1) is 29.5 Å². The number of rotatable bonds is 5. The molecule has 1 aliphatic carbocycles. The number of nitrogens with zero attached hydrogens (tertiary/aromatic N) is 4. The van der Waals surface area contributed by atoms with Crippen molar-refractivity contribution in [3.8, 4) is 0 Å². The summed E-state index contributed by atoms with van der Waals surface area (Å²) in [6.07, 6.45) is 5.33. The Hall–Kier alpha value is -2.96. The smallest absolute Gasteiger partial charge is 0.269 e. The van der Waals surface area contributed by atoms with Gasteiger partial charge < -0.3 is 5.32 Å². The summed E-state index contributed by atoms with van der Waals surface area (Å²) in [5.41, 5.74) is 1.03. The molecule has 1 N–H and O–H groups in total. The molecule has 3 aromatic rings.